The maximum atomic E-state index is 12.6. The van der Waals surface area contributed by atoms with Crippen molar-refractivity contribution in [2.45, 2.75) is 84.8 Å². The van der Waals surface area contributed by atoms with E-state index in [-0.39, 0.29) is 30.4 Å². The van der Waals surface area contributed by atoms with Crippen LogP contribution in [0.3, 0.4) is 0 Å². The number of ketones is 1. The molecule has 3 atom stereocenters. The number of amides is 1. The van der Waals surface area contributed by atoms with E-state index in [2.05, 4.69) is 13.0 Å². The first kappa shape index (κ1) is 24.1. The number of carbonyl (C=O) groups excluding carboxylic acids is 3. The zero-order valence-corrected chi connectivity index (χ0v) is 17.9. The van der Waals surface area contributed by atoms with Crippen LogP contribution in [0.5, 0.6) is 0 Å². The minimum Gasteiger partial charge on any atom is -0.462 e. The van der Waals surface area contributed by atoms with Gasteiger partial charge in [0.2, 0.25) is 5.91 Å². The van der Waals surface area contributed by atoms with Crippen molar-refractivity contribution in [1.82, 2.24) is 0 Å². The van der Waals surface area contributed by atoms with Crippen LogP contribution in [-0.4, -0.2) is 36.0 Å². The topological polar surface area (TPSA) is 95.7 Å². The molecule has 0 bridgehead atoms. The van der Waals surface area contributed by atoms with Gasteiger partial charge >= 0.3 is 5.97 Å². The molecule has 1 amide bonds. The summed E-state index contributed by atoms with van der Waals surface area (Å²) in [5.74, 6) is -0.568. The summed E-state index contributed by atoms with van der Waals surface area (Å²) in [7, 11) is 0. The molecule has 0 aromatic carbocycles. The lowest BCUT2D eigenvalue weighted by Gasteiger charge is -2.28. The van der Waals surface area contributed by atoms with Crippen molar-refractivity contribution < 1.29 is 23.9 Å². The summed E-state index contributed by atoms with van der Waals surface area (Å²) in [6.45, 7) is 9.60. The highest BCUT2D eigenvalue weighted by Gasteiger charge is 2.36. The van der Waals surface area contributed by atoms with E-state index in [1.807, 2.05) is 20.8 Å². The number of nitrogens with two attached hydrogens (primary N) is 1. The second-order valence-corrected chi connectivity index (χ2v) is 8.18. The van der Waals surface area contributed by atoms with Gasteiger partial charge in [0.15, 0.2) is 5.78 Å². The molecule has 3 unspecified atom stereocenters. The third-order valence-corrected chi connectivity index (χ3v) is 5.21. The Morgan fingerprint density at radius 1 is 1.29 bits per heavy atom. The van der Waals surface area contributed by atoms with Gasteiger partial charge in [0.25, 0.3) is 0 Å². The maximum absolute atomic E-state index is 12.6. The molecule has 1 aliphatic heterocycles. The highest BCUT2D eigenvalue weighted by molar-refractivity contribution is 5.89. The molecule has 1 heterocycles. The zero-order valence-electron chi connectivity index (χ0n) is 17.9. The molecule has 158 valence electrons. The van der Waals surface area contributed by atoms with Gasteiger partial charge in [-0.25, -0.2) is 0 Å². The molecule has 0 spiro atoms. The van der Waals surface area contributed by atoms with Crippen molar-refractivity contribution in [3.05, 3.63) is 23.3 Å². The standard InChI is InChI=1S/C22H35NO5/c1-15(2)8-10-19(28-17(4)24)16(3)7-6-12-22(5)20(25)11-9-18(14-27-22)13-21(23)26/h8,13,16,19H,6-7,9-12,14H2,1-5H3,(H2,23,26). The number of hydrogen-bond acceptors (Lipinski definition) is 5. The molecule has 6 heteroatoms. The Labute approximate surface area is 168 Å². The number of primary amides is 1. The lowest BCUT2D eigenvalue weighted by molar-refractivity contribution is -0.148. The van der Waals surface area contributed by atoms with Crippen LogP contribution in [0.4, 0.5) is 0 Å². The molecule has 1 fully saturated rings. The lowest BCUT2D eigenvalue weighted by Crippen LogP contribution is -2.37. The monoisotopic (exact) mass is 393 g/mol. The van der Waals surface area contributed by atoms with Crippen LogP contribution in [0, 0.1) is 5.92 Å². The smallest absolute Gasteiger partial charge is 0.302 e. The van der Waals surface area contributed by atoms with Gasteiger partial charge in [-0.1, -0.05) is 18.6 Å². The largest absolute Gasteiger partial charge is 0.462 e. The summed E-state index contributed by atoms with van der Waals surface area (Å²) in [5, 5.41) is 0. The van der Waals surface area contributed by atoms with E-state index in [0.717, 1.165) is 18.4 Å². The van der Waals surface area contributed by atoms with E-state index in [4.69, 9.17) is 15.2 Å². The number of carbonyl (C=O) groups is 3. The van der Waals surface area contributed by atoms with Crippen LogP contribution < -0.4 is 5.73 Å². The highest BCUT2D eigenvalue weighted by Crippen LogP contribution is 2.29. The van der Waals surface area contributed by atoms with E-state index < -0.39 is 11.5 Å². The predicted octanol–water partition coefficient (Wildman–Crippen LogP) is 3.63. The normalized spacial score (nSPS) is 23.6. The third kappa shape index (κ3) is 8.38. The molecule has 0 saturated carbocycles. The fourth-order valence-corrected chi connectivity index (χ4v) is 3.38. The van der Waals surface area contributed by atoms with Gasteiger partial charge in [0.05, 0.1) is 6.61 Å². The number of allylic oxidation sites excluding steroid dienone is 1. The number of rotatable bonds is 9. The van der Waals surface area contributed by atoms with Gasteiger partial charge in [0.1, 0.15) is 11.7 Å². The summed E-state index contributed by atoms with van der Waals surface area (Å²) >= 11 is 0. The summed E-state index contributed by atoms with van der Waals surface area (Å²) in [6, 6.07) is 0. The van der Waals surface area contributed by atoms with Crippen molar-refractivity contribution in [3.8, 4) is 0 Å². The van der Waals surface area contributed by atoms with Crippen molar-refractivity contribution in [2.75, 3.05) is 6.61 Å². The summed E-state index contributed by atoms with van der Waals surface area (Å²) < 4.78 is 11.4. The number of ether oxygens (including phenoxy) is 2. The molecule has 1 saturated heterocycles. The van der Waals surface area contributed by atoms with E-state index in [9.17, 15) is 14.4 Å². The zero-order chi connectivity index (χ0) is 21.3. The van der Waals surface area contributed by atoms with Gasteiger partial charge in [-0.2, -0.15) is 0 Å². The van der Waals surface area contributed by atoms with Crippen LogP contribution in [0.1, 0.15) is 73.1 Å². The van der Waals surface area contributed by atoms with E-state index in [1.165, 1.54) is 18.6 Å². The Kier molecular flexibility index (Phi) is 9.59. The molecular weight excluding hydrogens is 358 g/mol. The molecule has 1 aliphatic rings. The Bertz CT molecular complexity index is 633. The fourth-order valence-electron chi connectivity index (χ4n) is 3.38. The van der Waals surface area contributed by atoms with Gasteiger partial charge in [-0.15, -0.1) is 0 Å². The average molecular weight is 394 g/mol. The third-order valence-electron chi connectivity index (χ3n) is 5.21. The minimum atomic E-state index is -0.857. The molecule has 28 heavy (non-hydrogen) atoms. The number of hydrogen-bond donors (Lipinski definition) is 1. The molecule has 0 aliphatic carbocycles. The summed E-state index contributed by atoms with van der Waals surface area (Å²) in [5.41, 5.74) is 6.29. The van der Waals surface area contributed by atoms with E-state index in [1.54, 1.807) is 0 Å². The molecule has 6 nitrogen and oxygen atoms in total. The van der Waals surface area contributed by atoms with Crippen LogP contribution in [0.15, 0.2) is 23.3 Å². The molecule has 0 aromatic heterocycles. The van der Waals surface area contributed by atoms with Crippen molar-refractivity contribution in [2.24, 2.45) is 11.7 Å². The second kappa shape index (κ2) is 11.1. The summed E-state index contributed by atoms with van der Waals surface area (Å²) in [4.78, 5) is 35.0. The Morgan fingerprint density at radius 3 is 2.54 bits per heavy atom. The molecule has 0 radical (unpaired) electrons. The first-order valence-corrected chi connectivity index (χ1v) is 10.00. The Hall–Kier alpha value is -1.95. The van der Waals surface area contributed by atoms with Crippen molar-refractivity contribution in [1.29, 1.82) is 0 Å². The maximum Gasteiger partial charge on any atom is 0.302 e. The quantitative estimate of drug-likeness (QED) is 0.367. The van der Waals surface area contributed by atoms with Crippen LogP contribution in [-0.2, 0) is 23.9 Å². The van der Waals surface area contributed by atoms with Crippen molar-refractivity contribution in [3.63, 3.8) is 0 Å². The van der Waals surface area contributed by atoms with Crippen LogP contribution in [0.25, 0.3) is 0 Å². The van der Waals surface area contributed by atoms with Gasteiger partial charge in [0, 0.05) is 25.8 Å². The second-order valence-electron chi connectivity index (χ2n) is 8.18. The first-order chi connectivity index (χ1) is 13.0. The Morgan fingerprint density at radius 2 is 1.96 bits per heavy atom. The Balaban J connectivity index is 2.65. The molecule has 1 rings (SSSR count). The highest BCUT2D eigenvalue weighted by atomic mass is 16.5. The SMILES string of the molecule is CC(=O)OC(CC=C(C)C)C(C)CCCC1(C)OCC(=CC(N)=O)CCC1=O. The van der Waals surface area contributed by atoms with Crippen molar-refractivity contribution >= 4 is 17.7 Å². The molecular formula is C22H35NO5. The molecule has 2 N–H and O–H groups in total. The van der Waals surface area contributed by atoms with Crippen LogP contribution in [0.2, 0.25) is 0 Å². The van der Waals surface area contributed by atoms with Gasteiger partial charge in [-0.05, 0) is 57.9 Å². The van der Waals surface area contributed by atoms with E-state index >= 15 is 0 Å². The van der Waals surface area contributed by atoms with Gasteiger partial charge in [-0.3, -0.25) is 14.4 Å². The van der Waals surface area contributed by atoms with E-state index in [0.29, 0.717) is 25.7 Å². The first-order valence-electron chi connectivity index (χ1n) is 10.00. The number of esters is 1. The van der Waals surface area contributed by atoms with Gasteiger partial charge < -0.3 is 15.2 Å². The number of Topliss-reactive ketones (excluding diaryl/α,β-unsaturated/α-hetero) is 1. The van der Waals surface area contributed by atoms with Crippen LogP contribution >= 0.6 is 0 Å². The lowest BCUT2D eigenvalue weighted by atomic mass is 9.88. The molecule has 0 aromatic rings. The predicted molar refractivity (Wildman–Crippen MR) is 108 cm³/mol. The minimum absolute atomic E-state index is 0.0501. The average Bonchev–Trinajstić information content (AvgIpc) is 2.71. The summed E-state index contributed by atoms with van der Waals surface area (Å²) in [6.07, 6.45) is 7.01. The fraction of sp³-hybridized carbons (Fsp3) is 0.682.